The van der Waals surface area contributed by atoms with Crippen LogP contribution in [0.15, 0.2) is 53.2 Å². The quantitative estimate of drug-likeness (QED) is 0.658. The third kappa shape index (κ3) is 3.92. The molecule has 26 heavy (non-hydrogen) atoms. The smallest absolute Gasteiger partial charge is 0.363 e. The number of nitrogens with zero attached hydrogens (tertiary/aromatic N) is 1. The molecule has 2 aromatic carbocycles. The fourth-order valence-electron chi connectivity index (χ4n) is 2.36. The van der Waals surface area contributed by atoms with Gasteiger partial charge in [-0.15, -0.1) is 0 Å². The van der Waals surface area contributed by atoms with Gasteiger partial charge in [-0.3, -0.25) is 4.79 Å². The van der Waals surface area contributed by atoms with Crippen molar-refractivity contribution in [2.24, 2.45) is 4.99 Å². The Bertz CT molecular complexity index is 933. The van der Waals surface area contributed by atoms with Crippen LogP contribution in [0.1, 0.15) is 18.1 Å². The molecular formula is C19H15ClN2O4. The Kier molecular flexibility index (Phi) is 5.04. The largest absolute Gasteiger partial charge is 0.495 e. The van der Waals surface area contributed by atoms with Crippen molar-refractivity contribution in [3.8, 4) is 5.75 Å². The highest BCUT2D eigenvalue weighted by Crippen LogP contribution is 2.27. The number of cyclic esters (lactones) is 1. The maximum atomic E-state index is 12.1. The van der Waals surface area contributed by atoms with Gasteiger partial charge in [0.15, 0.2) is 5.70 Å². The predicted octanol–water partition coefficient (Wildman–Crippen LogP) is 3.65. The molecule has 0 aliphatic carbocycles. The third-order valence-electron chi connectivity index (χ3n) is 3.55. The van der Waals surface area contributed by atoms with E-state index in [-0.39, 0.29) is 17.5 Å². The van der Waals surface area contributed by atoms with E-state index in [9.17, 15) is 9.59 Å². The summed E-state index contributed by atoms with van der Waals surface area (Å²) in [5.41, 5.74) is 2.15. The molecule has 0 saturated heterocycles. The van der Waals surface area contributed by atoms with E-state index < -0.39 is 5.97 Å². The van der Waals surface area contributed by atoms with Crippen LogP contribution >= 0.6 is 11.6 Å². The lowest BCUT2D eigenvalue weighted by molar-refractivity contribution is -0.129. The fourth-order valence-corrected chi connectivity index (χ4v) is 2.63. The highest BCUT2D eigenvalue weighted by Gasteiger charge is 2.24. The first-order valence-electron chi connectivity index (χ1n) is 7.70. The van der Waals surface area contributed by atoms with Crippen LogP contribution in [-0.4, -0.2) is 24.9 Å². The van der Waals surface area contributed by atoms with Crippen molar-refractivity contribution in [1.29, 1.82) is 0 Å². The molecule has 1 N–H and O–H groups in total. The molecule has 1 aliphatic heterocycles. The Labute approximate surface area is 155 Å². The van der Waals surface area contributed by atoms with Crippen molar-refractivity contribution in [3.05, 3.63) is 64.3 Å². The number of hydrogen-bond donors (Lipinski definition) is 1. The Morgan fingerprint density at radius 1 is 1.23 bits per heavy atom. The molecule has 6 nitrogen and oxygen atoms in total. The van der Waals surface area contributed by atoms with E-state index in [4.69, 9.17) is 21.1 Å². The molecule has 7 heteroatoms. The van der Waals surface area contributed by atoms with Crippen LogP contribution in [0.5, 0.6) is 5.75 Å². The molecule has 0 spiro atoms. The maximum Gasteiger partial charge on any atom is 0.363 e. The van der Waals surface area contributed by atoms with E-state index in [1.807, 2.05) is 0 Å². The van der Waals surface area contributed by atoms with Crippen LogP contribution < -0.4 is 10.1 Å². The Morgan fingerprint density at radius 3 is 2.58 bits per heavy atom. The van der Waals surface area contributed by atoms with Gasteiger partial charge in [-0.25, -0.2) is 9.79 Å². The Morgan fingerprint density at radius 2 is 1.96 bits per heavy atom. The second kappa shape index (κ2) is 7.41. The number of carbonyl (C=O) groups is 2. The van der Waals surface area contributed by atoms with Crippen molar-refractivity contribution in [2.45, 2.75) is 6.92 Å². The lowest BCUT2D eigenvalue weighted by Gasteiger charge is -2.03. The lowest BCUT2D eigenvalue weighted by atomic mass is 10.2. The summed E-state index contributed by atoms with van der Waals surface area (Å²) in [5, 5.41) is 3.10. The summed E-state index contributed by atoms with van der Waals surface area (Å²) in [4.78, 5) is 27.4. The monoisotopic (exact) mass is 370 g/mol. The van der Waals surface area contributed by atoms with Gasteiger partial charge in [0.25, 0.3) is 0 Å². The second-order valence-electron chi connectivity index (χ2n) is 5.49. The van der Waals surface area contributed by atoms with Crippen LogP contribution in [0.3, 0.4) is 0 Å². The predicted molar refractivity (Wildman–Crippen MR) is 99.4 cm³/mol. The van der Waals surface area contributed by atoms with Gasteiger partial charge in [-0.05, 0) is 48.0 Å². The van der Waals surface area contributed by atoms with Gasteiger partial charge in [0.05, 0.1) is 12.1 Å². The van der Waals surface area contributed by atoms with Crippen LogP contribution in [0, 0.1) is 0 Å². The number of nitrogens with one attached hydrogen (secondary N) is 1. The number of hydrogen-bond acceptors (Lipinski definition) is 5. The molecular weight excluding hydrogens is 356 g/mol. The highest BCUT2D eigenvalue weighted by molar-refractivity contribution is 6.32. The molecule has 0 saturated carbocycles. The molecule has 1 aliphatic rings. The molecule has 1 heterocycles. The number of benzene rings is 2. The van der Waals surface area contributed by atoms with Crippen molar-refractivity contribution in [1.82, 2.24) is 0 Å². The SMILES string of the molecule is COc1ccc(/C=C2\N=C(c3ccc(NC(C)=O)cc3)OC2=O)cc1Cl. The molecule has 0 fully saturated rings. The summed E-state index contributed by atoms with van der Waals surface area (Å²) in [7, 11) is 1.53. The van der Waals surface area contributed by atoms with Crippen molar-refractivity contribution in [2.75, 3.05) is 12.4 Å². The zero-order valence-corrected chi connectivity index (χ0v) is 14.8. The van der Waals surface area contributed by atoms with Crippen molar-refractivity contribution < 1.29 is 19.1 Å². The second-order valence-corrected chi connectivity index (χ2v) is 5.90. The van der Waals surface area contributed by atoms with Gasteiger partial charge in [-0.2, -0.15) is 0 Å². The topological polar surface area (TPSA) is 77.0 Å². The zero-order valence-electron chi connectivity index (χ0n) is 14.1. The first kappa shape index (κ1) is 17.7. The van der Waals surface area contributed by atoms with Gasteiger partial charge in [0.1, 0.15) is 5.75 Å². The van der Waals surface area contributed by atoms with Crippen LogP contribution in [0.2, 0.25) is 5.02 Å². The summed E-state index contributed by atoms with van der Waals surface area (Å²) < 4.78 is 10.3. The number of halogens is 1. The molecule has 0 bridgehead atoms. The summed E-state index contributed by atoms with van der Waals surface area (Å²) in [6.45, 7) is 1.43. The average molecular weight is 371 g/mol. The number of aliphatic imine (C=N–C) groups is 1. The molecule has 0 aromatic heterocycles. The van der Waals surface area contributed by atoms with E-state index >= 15 is 0 Å². The first-order chi connectivity index (χ1) is 12.5. The summed E-state index contributed by atoms with van der Waals surface area (Å²) in [6.07, 6.45) is 1.59. The third-order valence-corrected chi connectivity index (χ3v) is 3.85. The summed E-state index contributed by atoms with van der Waals surface area (Å²) in [6, 6.07) is 12.0. The summed E-state index contributed by atoms with van der Waals surface area (Å²) in [5.74, 6) is 0.0464. The number of methoxy groups -OCH3 is 1. The zero-order chi connectivity index (χ0) is 18.7. The number of esters is 1. The minimum atomic E-state index is -0.544. The van der Waals surface area contributed by atoms with Crippen LogP contribution in [0.4, 0.5) is 5.69 Å². The van der Waals surface area contributed by atoms with Crippen molar-refractivity contribution in [3.63, 3.8) is 0 Å². The van der Waals surface area contributed by atoms with E-state index in [0.29, 0.717) is 27.6 Å². The average Bonchev–Trinajstić information content (AvgIpc) is 2.96. The van der Waals surface area contributed by atoms with Crippen LogP contribution in [-0.2, 0) is 14.3 Å². The van der Waals surface area contributed by atoms with E-state index in [1.165, 1.54) is 14.0 Å². The van der Waals surface area contributed by atoms with E-state index in [0.717, 1.165) is 0 Å². The molecule has 0 atom stereocenters. The minimum absolute atomic E-state index is 0.161. The van der Waals surface area contributed by atoms with Gasteiger partial charge in [-0.1, -0.05) is 17.7 Å². The first-order valence-corrected chi connectivity index (χ1v) is 8.08. The standard InChI is InChI=1S/C19H15ClN2O4/c1-11(23)21-14-6-4-13(5-7-14)18-22-16(19(24)26-18)10-12-3-8-17(25-2)15(20)9-12/h3-10H,1-2H3,(H,21,23)/b16-10-. The molecule has 0 radical (unpaired) electrons. The Hall–Kier alpha value is -3.12. The van der Waals surface area contributed by atoms with E-state index in [2.05, 4.69) is 10.3 Å². The number of rotatable bonds is 4. The normalized spacial score (nSPS) is 14.8. The van der Waals surface area contributed by atoms with E-state index in [1.54, 1.807) is 48.5 Å². The summed E-state index contributed by atoms with van der Waals surface area (Å²) >= 11 is 6.09. The lowest BCUT2D eigenvalue weighted by Crippen LogP contribution is -2.07. The molecule has 132 valence electrons. The minimum Gasteiger partial charge on any atom is -0.495 e. The molecule has 2 aromatic rings. The highest BCUT2D eigenvalue weighted by atomic mass is 35.5. The number of carbonyl (C=O) groups excluding carboxylic acids is 2. The van der Waals surface area contributed by atoms with Gasteiger partial charge < -0.3 is 14.8 Å². The molecule has 3 rings (SSSR count). The fraction of sp³-hybridized carbons (Fsp3) is 0.105. The molecule has 0 unspecified atom stereocenters. The molecule has 1 amide bonds. The maximum absolute atomic E-state index is 12.1. The van der Waals surface area contributed by atoms with Crippen LogP contribution in [0.25, 0.3) is 6.08 Å². The number of anilines is 1. The van der Waals surface area contributed by atoms with Gasteiger partial charge in [0, 0.05) is 18.2 Å². The van der Waals surface area contributed by atoms with Gasteiger partial charge in [0.2, 0.25) is 11.8 Å². The number of ether oxygens (including phenoxy) is 2. The van der Waals surface area contributed by atoms with Gasteiger partial charge >= 0.3 is 5.97 Å². The Balaban J connectivity index is 1.84. The number of amides is 1. The van der Waals surface area contributed by atoms with Crippen molar-refractivity contribution >= 4 is 41.1 Å².